The maximum atomic E-state index is 10.1. The summed E-state index contributed by atoms with van der Waals surface area (Å²) in [5.74, 6) is 7.08. The number of rotatable bonds is 4. The standard InChI is InChI=1S/C11H21N5O/c1-7-13-8(6-9(14-7)16-12)15-10(2,3)11(4,5)17/h6,17H,12H2,1-5H3,(H2,13,14,15,16). The van der Waals surface area contributed by atoms with Gasteiger partial charge < -0.3 is 15.8 Å². The third-order valence-corrected chi connectivity index (χ3v) is 2.96. The van der Waals surface area contributed by atoms with Gasteiger partial charge in [-0.2, -0.15) is 0 Å². The number of nitrogen functional groups attached to an aromatic ring is 1. The number of anilines is 2. The molecule has 0 aliphatic carbocycles. The summed E-state index contributed by atoms with van der Waals surface area (Å²) >= 11 is 0. The lowest BCUT2D eigenvalue weighted by molar-refractivity contribution is 0.0238. The van der Waals surface area contributed by atoms with Crippen LogP contribution in [0.25, 0.3) is 0 Å². The maximum absolute atomic E-state index is 10.1. The molecule has 1 heterocycles. The second-order valence-corrected chi connectivity index (χ2v) is 5.14. The van der Waals surface area contributed by atoms with Crippen molar-refractivity contribution in [2.45, 2.75) is 45.8 Å². The molecule has 0 aliphatic rings. The van der Waals surface area contributed by atoms with Crippen molar-refractivity contribution >= 4 is 11.6 Å². The molecule has 0 aliphatic heterocycles. The van der Waals surface area contributed by atoms with Crippen LogP contribution in [0, 0.1) is 6.92 Å². The van der Waals surface area contributed by atoms with E-state index < -0.39 is 11.1 Å². The van der Waals surface area contributed by atoms with Gasteiger partial charge in [-0.25, -0.2) is 15.8 Å². The first-order valence-corrected chi connectivity index (χ1v) is 5.48. The third kappa shape index (κ3) is 3.28. The number of nitrogens with one attached hydrogen (secondary N) is 2. The van der Waals surface area contributed by atoms with E-state index >= 15 is 0 Å². The number of hydrogen-bond acceptors (Lipinski definition) is 6. The highest BCUT2D eigenvalue weighted by molar-refractivity contribution is 5.48. The maximum Gasteiger partial charge on any atom is 0.145 e. The van der Waals surface area contributed by atoms with Gasteiger partial charge >= 0.3 is 0 Å². The van der Waals surface area contributed by atoms with Gasteiger partial charge in [-0.05, 0) is 34.6 Å². The van der Waals surface area contributed by atoms with Crippen LogP contribution >= 0.6 is 0 Å². The normalized spacial score (nSPS) is 12.4. The molecule has 0 unspecified atom stereocenters. The number of nitrogens with two attached hydrogens (primary N) is 1. The molecular weight excluding hydrogens is 218 g/mol. The fourth-order valence-electron chi connectivity index (χ4n) is 1.18. The lowest BCUT2D eigenvalue weighted by atomic mass is 9.86. The Balaban J connectivity index is 2.99. The molecule has 6 heteroatoms. The molecule has 0 fully saturated rings. The predicted molar refractivity (Wildman–Crippen MR) is 68.6 cm³/mol. The van der Waals surface area contributed by atoms with E-state index in [0.717, 1.165) is 0 Å². The molecule has 0 bridgehead atoms. The molecule has 0 spiro atoms. The zero-order valence-corrected chi connectivity index (χ0v) is 11.0. The average molecular weight is 239 g/mol. The van der Waals surface area contributed by atoms with Crippen molar-refractivity contribution in [1.82, 2.24) is 9.97 Å². The molecule has 0 atom stereocenters. The highest BCUT2D eigenvalue weighted by Crippen LogP contribution is 2.25. The van der Waals surface area contributed by atoms with Gasteiger partial charge in [-0.1, -0.05) is 0 Å². The highest BCUT2D eigenvalue weighted by atomic mass is 16.3. The van der Waals surface area contributed by atoms with Crippen LogP contribution in [0.2, 0.25) is 0 Å². The first kappa shape index (κ1) is 13.7. The summed E-state index contributed by atoms with van der Waals surface area (Å²) < 4.78 is 0. The smallest absolute Gasteiger partial charge is 0.145 e. The van der Waals surface area contributed by atoms with E-state index in [9.17, 15) is 5.11 Å². The van der Waals surface area contributed by atoms with Gasteiger partial charge in [-0.15, -0.1) is 0 Å². The van der Waals surface area contributed by atoms with Crippen LogP contribution in [-0.4, -0.2) is 26.2 Å². The molecule has 0 amide bonds. The summed E-state index contributed by atoms with van der Waals surface area (Å²) in [6, 6.07) is 1.69. The average Bonchev–Trinajstić information content (AvgIpc) is 2.14. The van der Waals surface area contributed by atoms with Crippen molar-refractivity contribution in [3.05, 3.63) is 11.9 Å². The molecule has 5 N–H and O–H groups in total. The number of aliphatic hydroxyl groups is 1. The minimum atomic E-state index is -0.887. The Labute approximate surface area is 102 Å². The van der Waals surface area contributed by atoms with Crippen molar-refractivity contribution < 1.29 is 5.11 Å². The molecular formula is C11H21N5O. The van der Waals surface area contributed by atoms with Gasteiger partial charge in [0.1, 0.15) is 17.5 Å². The number of aromatic nitrogens is 2. The minimum Gasteiger partial charge on any atom is -0.388 e. The molecule has 0 radical (unpaired) electrons. The van der Waals surface area contributed by atoms with E-state index in [4.69, 9.17) is 5.84 Å². The number of hydrazine groups is 1. The van der Waals surface area contributed by atoms with E-state index in [1.807, 2.05) is 13.8 Å². The molecule has 1 aromatic heterocycles. The Bertz CT molecular complexity index is 397. The van der Waals surface area contributed by atoms with Gasteiger partial charge in [0.2, 0.25) is 0 Å². The second kappa shape index (κ2) is 4.46. The molecule has 1 aromatic rings. The fraction of sp³-hybridized carbons (Fsp3) is 0.636. The summed E-state index contributed by atoms with van der Waals surface area (Å²) in [6.07, 6.45) is 0. The predicted octanol–water partition coefficient (Wildman–Crippen LogP) is 1.03. The number of hydrogen-bond donors (Lipinski definition) is 4. The van der Waals surface area contributed by atoms with Crippen molar-refractivity contribution in [2.24, 2.45) is 5.84 Å². The van der Waals surface area contributed by atoms with Gasteiger partial charge in [-0.3, -0.25) is 0 Å². The Kier molecular flexibility index (Phi) is 3.59. The van der Waals surface area contributed by atoms with Gasteiger partial charge in [0, 0.05) is 6.07 Å². The van der Waals surface area contributed by atoms with Crippen LogP contribution in [0.15, 0.2) is 6.07 Å². The topological polar surface area (TPSA) is 96.1 Å². The summed E-state index contributed by atoms with van der Waals surface area (Å²) in [7, 11) is 0. The van der Waals surface area contributed by atoms with E-state index in [0.29, 0.717) is 17.5 Å². The Morgan fingerprint density at radius 1 is 1.18 bits per heavy atom. The molecule has 0 aromatic carbocycles. The summed E-state index contributed by atoms with van der Waals surface area (Å²) in [4.78, 5) is 8.35. The van der Waals surface area contributed by atoms with Crippen LogP contribution < -0.4 is 16.6 Å². The quantitative estimate of drug-likeness (QED) is 0.463. The summed E-state index contributed by atoms with van der Waals surface area (Å²) in [6.45, 7) is 9.08. The van der Waals surface area contributed by atoms with Crippen LogP contribution in [0.4, 0.5) is 11.6 Å². The minimum absolute atomic E-state index is 0.528. The second-order valence-electron chi connectivity index (χ2n) is 5.14. The monoisotopic (exact) mass is 239 g/mol. The summed E-state index contributed by atoms with van der Waals surface area (Å²) in [5.41, 5.74) is 1.06. The molecule has 0 saturated heterocycles. The molecule has 1 rings (SSSR count). The fourth-order valence-corrected chi connectivity index (χ4v) is 1.18. The van der Waals surface area contributed by atoms with Crippen molar-refractivity contribution in [1.29, 1.82) is 0 Å². The Hall–Kier alpha value is -1.40. The van der Waals surface area contributed by atoms with Crippen LogP contribution in [0.3, 0.4) is 0 Å². The first-order valence-electron chi connectivity index (χ1n) is 5.48. The van der Waals surface area contributed by atoms with Crippen LogP contribution in [0.5, 0.6) is 0 Å². The summed E-state index contributed by atoms with van der Waals surface area (Å²) in [5, 5.41) is 13.2. The van der Waals surface area contributed by atoms with Crippen LogP contribution in [-0.2, 0) is 0 Å². The van der Waals surface area contributed by atoms with Gasteiger partial charge in [0.15, 0.2) is 0 Å². The van der Waals surface area contributed by atoms with Crippen molar-refractivity contribution in [3.63, 3.8) is 0 Å². The largest absolute Gasteiger partial charge is 0.388 e. The van der Waals surface area contributed by atoms with Gasteiger partial charge in [0.25, 0.3) is 0 Å². The van der Waals surface area contributed by atoms with E-state index in [2.05, 4.69) is 20.7 Å². The van der Waals surface area contributed by atoms with Gasteiger partial charge in [0.05, 0.1) is 11.1 Å². The van der Waals surface area contributed by atoms with E-state index in [-0.39, 0.29) is 0 Å². The Morgan fingerprint density at radius 3 is 2.18 bits per heavy atom. The zero-order valence-electron chi connectivity index (χ0n) is 11.0. The van der Waals surface area contributed by atoms with Crippen LogP contribution in [0.1, 0.15) is 33.5 Å². The molecule has 0 saturated carbocycles. The lowest BCUT2D eigenvalue weighted by Gasteiger charge is -2.38. The van der Waals surface area contributed by atoms with E-state index in [1.54, 1.807) is 26.8 Å². The lowest BCUT2D eigenvalue weighted by Crippen LogP contribution is -2.51. The van der Waals surface area contributed by atoms with Crippen molar-refractivity contribution in [3.8, 4) is 0 Å². The van der Waals surface area contributed by atoms with E-state index in [1.165, 1.54) is 0 Å². The molecule has 96 valence electrons. The number of nitrogens with zero attached hydrogens (tertiary/aromatic N) is 2. The molecule has 6 nitrogen and oxygen atoms in total. The highest BCUT2D eigenvalue weighted by Gasteiger charge is 2.35. The SMILES string of the molecule is Cc1nc(NN)cc(NC(C)(C)C(C)(C)O)n1. The zero-order chi connectivity index (χ0) is 13.3. The molecule has 17 heavy (non-hydrogen) atoms. The first-order chi connectivity index (χ1) is 7.65. The third-order valence-electron chi connectivity index (χ3n) is 2.96. The number of aryl methyl sites for hydroxylation is 1. The van der Waals surface area contributed by atoms with Crippen molar-refractivity contribution in [2.75, 3.05) is 10.7 Å². The Morgan fingerprint density at radius 2 is 1.71 bits per heavy atom.